The van der Waals surface area contributed by atoms with E-state index in [2.05, 4.69) is 4.99 Å². The number of carbonyl (C=O) groups excluding carboxylic acids is 2. The van der Waals surface area contributed by atoms with Gasteiger partial charge in [-0.15, -0.1) is 0 Å². The molecule has 1 atom stereocenters. The zero-order valence-electron chi connectivity index (χ0n) is 19.8. The number of amides is 2. The lowest BCUT2D eigenvalue weighted by molar-refractivity contribution is 0.0597. The number of benzene rings is 2. The third-order valence-electron chi connectivity index (χ3n) is 5.23. The molecule has 1 aliphatic heterocycles. The predicted octanol–water partition coefficient (Wildman–Crippen LogP) is 3.21. The molecular formula is C24H28N2O7S. The van der Waals surface area contributed by atoms with E-state index >= 15 is 0 Å². The highest BCUT2D eigenvalue weighted by Crippen LogP contribution is 2.39. The Balaban J connectivity index is 2.13. The smallest absolute Gasteiger partial charge is 0.264 e. The third-order valence-corrected chi connectivity index (χ3v) is 6.15. The minimum Gasteiger partial charge on any atom is -0.493 e. The maximum Gasteiger partial charge on any atom is 0.264 e. The van der Waals surface area contributed by atoms with Gasteiger partial charge in [0.25, 0.3) is 11.8 Å². The molecule has 1 unspecified atom stereocenters. The van der Waals surface area contributed by atoms with Crippen molar-refractivity contribution in [3.8, 4) is 11.5 Å². The minimum absolute atomic E-state index is 0.139. The van der Waals surface area contributed by atoms with Crippen LogP contribution < -0.4 is 9.47 Å². The van der Waals surface area contributed by atoms with Crippen LogP contribution in [-0.4, -0.2) is 70.3 Å². The van der Waals surface area contributed by atoms with Crippen LogP contribution in [0.4, 0.5) is 5.69 Å². The highest BCUT2D eigenvalue weighted by atomic mass is 32.2. The van der Waals surface area contributed by atoms with Crippen molar-refractivity contribution >= 4 is 33.1 Å². The Kier molecular flexibility index (Phi) is 7.73. The van der Waals surface area contributed by atoms with E-state index in [9.17, 15) is 18.0 Å². The van der Waals surface area contributed by atoms with E-state index in [0.29, 0.717) is 35.1 Å². The van der Waals surface area contributed by atoms with Crippen molar-refractivity contribution < 1.29 is 32.2 Å². The summed E-state index contributed by atoms with van der Waals surface area (Å²) in [5, 5.41) is 0. The van der Waals surface area contributed by atoms with Gasteiger partial charge < -0.3 is 14.2 Å². The lowest BCUT2D eigenvalue weighted by Crippen LogP contribution is -2.37. The highest BCUT2D eigenvalue weighted by Gasteiger charge is 2.43. The Hall–Kier alpha value is -3.24. The van der Waals surface area contributed by atoms with Crippen LogP contribution in [0.25, 0.3) is 0 Å². The third kappa shape index (κ3) is 5.28. The largest absolute Gasteiger partial charge is 0.493 e. The second-order valence-electron chi connectivity index (χ2n) is 7.91. The summed E-state index contributed by atoms with van der Waals surface area (Å²) in [6.45, 7) is 4.17. The van der Waals surface area contributed by atoms with Gasteiger partial charge in [0, 0.05) is 19.1 Å². The normalized spacial score (nSPS) is 14.9. The molecule has 2 aromatic carbocycles. The molecule has 0 aromatic heterocycles. The van der Waals surface area contributed by atoms with E-state index in [1.54, 1.807) is 44.2 Å². The number of carbonyl (C=O) groups is 2. The predicted molar refractivity (Wildman–Crippen MR) is 128 cm³/mol. The van der Waals surface area contributed by atoms with Crippen LogP contribution in [0.15, 0.2) is 41.4 Å². The molecule has 3 rings (SSSR count). The summed E-state index contributed by atoms with van der Waals surface area (Å²) in [5.74, 6) is -0.789. The van der Waals surface area contributed by atoms with Gasteiger partial charge in [0.15, 0.2) is 11.5 Å². The fraction of sp³-hybridized carbons (Fsp3) is 0.375. The number of methoxy groups -OCH3 is 2. The molecule has 10 heteroatoms. The van der Waals surface area contributed by atoms with Crippen molar-refractivity contribution in [2.24, 2.45) is 4.99 Å². The molecular weight excluding hydrogens is 460 g/mol. The number of sulfone groups is 1. The molecule has 0 saturated carbocycles. The molecule has 0 fully saturated rings. The quantitative estimate of drug-likeness (QED) is 0.373. The molecule has 9 nitrogen and oxygen atoms in total. The van der Waals surface area contributed by atoms with Crippen molar-refractivity contribution in [1.82, 2.24) is 4.90 Å². The number of rotatable bonds is 10. The van der Waals surface area contributed by atoms with Crippen molar-refractivity contribution in [3.63, 3.8) is 0 Å². The molecule has 0 saturated heterocycles. The van der Waals surface area contributed by atoms with Gasteiger partial charge in [0.05, 0.1) is 48.9 Å². The van der Waals surface area contributed by atoms with Gasteiger partial charge in [-0.25, -0.2) is 8.42 Å². The first-order chi connectivity index (χ1) is 16.1. The van der Waals surface area contributed by atoms with Crippen LogP contribution in [-0.2, 0) is 14.6 Å². The van der Waals surface area contributed by atoms with Crippen molar-refractivity contribution in [2.75, 3.05) is 39.4 Å². The van der Waals surface area contributed by atoms with Crippen molar-refractivity contribution in [2.45, 2.75) is 19.9 Å². The molecule has 0 bridgehead atoms. The SMILES string of the molecule is CCOc1cc(C(CS(C)(=O)=O)N2C(=O)c3cccc(N=C(C)COC)c3C2=O)ccc1OC. The number of hydrogen-bond donors (Lipinski definition) is 0. The summed E-state index contributed by atoms with van der Waals surface area (Å²) >= 11 is 0. The molecule has 0 N–H and O–H groups in total. The number of hydrogen-bond acceptors (Lipinski definition) is 8. The summed E-state index contributed by atoms with van der Waals surface area (Å²) in [6.07, 6.45) is 1.06. The second kappa shape index (κ2) is 10.4. The minimum atomic E-state index is -3.58. The first-order valence-electron chi connectivity index (χ1n) is 10.6. The Bertz CT molecular complexity index is 1240. The lowest BCUT2D eigenvalue weighted by Gasteiger charge is -2.26. The molecule has 0 radical (unpaired) electrons. The summed E-state index contributed by atoms with van der Waals surface area (Å²) < 4.78 is 40.7. The maximum atomic E-state index is 13.6. The zero-order valence-corrected chi connectivity index (χ0v) is 20.6. The summed E-state index contributed by atoms with van der Waals surface area (Å²) in [5.41, 5.74) is 1.70. The highest BCUT2D eigenvalue weighted by molar-refractivity contribution is 7.90. The zero-order chi connectivity index (χ0) is 25.0. The van der Waals surface area contributed by atoms with E-state index in [-0.39, 0.29) is 17.7 Å². The van der Waals surface area contributed by atoms with E-state index in [1.165, 1.54) is 20.3 Å². The summed E-state index contributed by atoms with van der Waals surface area (Å²) in [6, 6.07) is 8.60. The molecule has 1 heterocycles. The topological polar surface area (TPSA) is 112 Å². The maximum absolute atomic E-state index is 13.6. The van der Waals surface area contributed by atoms with Crippen LogP contribution in [0.2, 0.25) is 0 Å². The Morgan fingerprint density at radius 3 is 2.44 bits per heavy atom. The number of nitrogens with zero attached hydrogens (tertiary/aromatic N) is 2. The number of fused-ring (bicyclic) bond motifs is 1. The van der Waals surface area contributed by atoms with Gasteiger partial charge in [0.1, 0.15) is 9.84 Å². The van der Waals surface area contributed by atoms with Gasteiger partial charge >= 0.3 is 0 Å². The van der Waals surface area contributed by atoms with Gasteiger partial charge in [-0.05, 0) is 43.7 Å². The molecule has 182 valence electrons. The fourth-order valence-corrected chi connectivity index (χ4v) is 4.80. The van der Waals surface area contributed by atoms with Crippen LogP contribution in [0.5, 0.6) is 11.5 Å². The number of imide groups is 1. The van der Waals surface area contributed by atoms with E-state index in [4.69, 9.17) is 14.2 Å². The molecule has 0 aliphatic carbocycles. The average Bonchev–Trinajstić information content (AvgIpc) is 3.03. The summed E-state index contributed by atoms with van der Waals surface area (Å²) in [4.78, 5) is 32.4. The second-order valence-corrected chi connectivity index (χ2v) is 10.1. The van der Waals surface area contributed by atoms with Crippen LogP contribution in [0.3, 0.4) is 0 Å². The molecule has 2 amide bonds. The van der Waals surface area contributed by atoms with Gasteiger partial charge in [-0.2, -0.15) is 0 Å². The number of ether oxygens (including phenoxy) is 3. The Morgan fingerprint density at radius 1 is 1.09 bits per heavy atom. The first-order valence-corrected chi connectivity index (χ1v) is 12.7. The van der Waals surface area contributed by atoms with E-state index in [1.807, 2.05) is 0 Å². The standard InChI is InChI=1S/C24H28N2O7S/c1-6-33-21-12-16(10-11-20(21)32-4)19(14-34(5,29)30)26-23(27)17-8-7-9-18(22(17)24(26)28)25-15(2)13-31-3/h7-12,19H,6,13-14H2,1-5H3. The molecule has 2 aromatic rings. The van der Waals surface area contributed by atoms with Crippen molar-refractivity contribution in [3.05, 3.63) is 53.1 Å². The lowest BCUT2D eigenvalue weighted by atomic mass is 10.1. The molecule has 0 spiro atoms. The van der Waals surface area contributed by atoms with Crippen LogP contribution in [0, 0.1) is 0 Å². The van der Waals surface area contributed by atoms with Crippen LogP contribution in [0.1, 0.15) is 46.2 Å². The first kappa shape index (κ1) is 25.4. The van der Waals surface area contributed by atoms with Gasteiger partial charge in [-0.1, -0.05) is 12.1 Å². The monoisotopic (exact) mass is 488 g/mol. The fourth-order valence-electron chi connectivity index (χ4n) is 3.88. The van der Waals surface area contributed by atoms with Gasteiger partial charge in [0.2, 0.25) is 0 Å². The summed E-state index contributed by atoms with van der Waals surface area (Å²) in [7, 11) is -0.560. The van der Waals surface area contributed by atoms with Gasteiger partial charge in [-0.3, -0.25) is 19.5 Å². The van der Waals surface area contributed by atoms with E-state index < -0.39 is 33.4 Å². The average molecular weight is 489 g/mol. The molecule has 1 aliphatic rings. The number of aliphatic imine (C=N–C) groups is 1. The molecule has 34 heavy (non-hydrogen) atoms. The Labute approximate surface area is 199 Å². The van der Waals surface area contributed by atoms with Crippen LogP contribution >= 0.6 is 0 Å². The van der Waals surface area contributed by atoms with E-state index in [0.717, 1.165) is 11.2 Å². The Morgan fingerprint density at radius 2 is 1.82 bits per heavy atom. The van der Waals surface area contributed by atoms with Crippen molar-refractivity contribution in [1.29, 1.82) is 0 Å².